The van der Waals surface area contributed by atoms with Gasteiger partial charge >= 0.3 is 5.97 Å². The lowest BCUT2D eigenvalue weighted by Gasteiger charge is -2.54. The van der Waals surface area contributed by atoms with Crippen LogP contribution in [0.3, 0.4) is 0 Å². The van der Waals surface area contributed by atoms with Gasteiger partial charge in [0.05, 0.1) is 10.3 Å². The molecule has 180 valence electrons. The number of hydrogen-bond acceptors (Lipinski definition) is 5. The zero-order valence-corrected chi connectivity index (χ0v) is 20.6. The monoisotopic (exact) mass is 487 g/mol. The Morgan fingerprint density at radius 1 is 0.886 bits per heavy atom. The van der Waals surface area contributed by atoms with Crippen LogP contribution in [0.5, 0.6) is 5.75 Å². The minimum atomic E-state index is -4.60. The van der Waals surface area contributed by atoms with Gasteiger partial charge in [0.2, 0.25) is 0 Å². The van der Waals surface area contributed by atoms with Crippen LogP contribution in [0.1, 0.15) is 71.9 Å². The molecule has 0 spiro atoms. The quantitative estimate of drug-likeness (QED) is 0.284. The van der Waals surface area contributed by atoms with Crippen molar-refractivity contribution in [3.63, 3.8) is 0 Å². The second-order valence-corrected chi connectivity index (χ2v) is 11.7. The maximum atomic E-state index is 14.1. The number of rotatable bonds is 3. The minimum absolute atomic E-state index is 0.00178. The van der Waals surface area contributed by atoms with E-state index in [2.05, 4.69) is 43.3 Å². The summed E-state index contributed by atoms with van der Waals surface area (Å²) in [6.45, 7) is 4.14. The molecule has 2 bridgehead atoms. The van der Waals surface area contributed by atoms with Crippen LogP contribution in [-0.2, 0) is 27.8 Å². The van der Waals surface area contributed by atoms with Gasteiger partial charge in [-0.15, -0.1) is 0 Å². The summed E-state index contributed by atoms with van der Waals surface area (Å²) >= 11 is 0. The highest BCUT2D eigenvalue weighted by Gasteiger charge is 2.59. The predicted octanol–water partition coefficient (Wildman–Crippen LogP) is 5.31. The molecule has 0 N–H and O–H groups in total. The Hall–Kier alpha value is -2.96. The molecular weight excluding hydrogens is 460 g/mol. The van der Waals surface area contributed by atoms with E-state index >= 15 is 0 Å². The Kier molecular flexibility index (Phi) is 5.00. The molecular formula is C29H27O5S-. The van der Waals surface area contributed by atoms with Gasteiger partial charge in [0.15, 0.2) is 0 Å². The number of ether oxygens (including phenoxy) is 1. The number of benzene rings is 3. The molecule has 4 aliphatic carbocycles. The lowest BCUT2D eigenvalue weighted by atomic mass is 9.48. The van der Waals surface area contributed by atoms with E-state index in [1.807, 2.05) is 19.1 Å². The lowest BCUT2D eigenvalue weighted by Crippen LogP contribution is -2.52. The Morgan fingerprint density at radius 3 is 2.00 bits per heavy atom. The molecule has 3 aromatic rings. The van der Waals surface area contributed by atoms with Crippen LogP contribution < -0.4 is 4.74 Å². The fourth-order valence-corrected chi connectivity index (χ4v) is 7.65. The first kappa shape index (κ1) is 22.5. The standard InChI is InChI=1S/C29H28O5S/c1-17-26-20-11-5-7-13-22(20)27(23-14-8-6-12-21(23)26)29(17,2)28(30)34-24-15-16-25(35(31,32)33)19-10-4-3-9-18(19)24/h5-8,11-17,26-27H,3-4,9-10H2,1-2H3,(H,31,32,33)/p-1. The van der Waals surface area contributed by atoms with Crippen LogP contribution in [0, 0.1) is 11.3 Å². The number of fused-ring (bicyclic) bond motifs is 2. The lowest BCUT2D eigenvalue weighted by molar-refractivity contribution is -0.150. The van der Waals surface area contributed by atoms with Crippen molar-refractivity contribution in [2.24, 2.45) is 11.3 Å². The van der Waals surface area contributed by atoms with Crippen molar-refractivity contribution in [2.45, 2.75) is 56.3 Å². The Labute approximate surface area is 205 Å². The van der Waals surface area contributed by atoms with E-state index in [1.165, 1.54) is 34.4 Å². The van der Waals surface area contributed by atoms with Crippen molar-refractivity contribution in [1.29, 1.82) is 0 Å². The van der Waals surface area contributed by atoms with E-state index in [1.54, 1.807) is 0 Å². The molecule has 5 nitrogen and oxygen atoms in total. The van der Waals surface area contributed by atoms with Gasteiger partial charge in [-0.2, -0.15) is 0 Å². The fourth-order valence-electron chi connectivity index (χ4n) is 6.89. The summed E-state index contributed by atoms with van der Waals surface area (Å²) in [6, 6.07) is 19.5. The number of hydrogen-bond donors (Lipinski definition) is 0. The van der Waals surface area contributed by atoms with Crippen molar-refractivity contribution in [3.05, 3.63) is 94.0 Å². The Morgan fingerprint density at radius 2 is 1.43 bits per heavy atom. The summed E-state index contributed by atoms with van der Waals surface area (Å²) in [6.07, 6.45) is 2.75. The summed E-state index contributed by atoms with van der Waals surface area (Å²) < 4.78 is 41.7. The zero-order chi connectivity index (χ0) is 24.5. The van der Waals surface area contributed by atoms with Crippen LogP contribution in [0.25, 0.3) is 0 Å². The third-order valence-corrected chi connectivity index (χ3v) is 9.61. The molecule has 4 aliphatic rings. The first-order valence-corrected chi connectivity index (χ1v) is 13.6. The molecule has 0 saturated carbocycles. The van der Waals surface area contributed by atoms with Crippen LogP contribution in [0.2, 0.25) is 0 Å². The molecule has 0 saturated heterocycles. The van der Waals surface area contributed by atoms with E-state index in [0.29, 0.717) is 29.7 Å². The van der Waals surface area contributed by atoms with Gasteiger partial charge in [-0.25, -0.2) is 8.42 Å². The van der Waals surface area contributed by atoms with Crippen LogP contribution in [0.4, 0.5) is 0 Å². The van der Waals surface area contributed by atoms with Gasteiger partial charge in [-0.05, 0) is 84.0 Å². The van der Waals surface area contributed by atoms with Gasteiger partial charge in [0.1, 0.15) is 15.9 Å². The van der Waals surface area contributed by atoms with Crippen molar-refractivity contribution in [2.75, 3.05) is 0 Å². The molecule has 35 heavy (non-hydrogen) atoms. The van der Waals surface area contributed by atoms with E-state index in [0.717, 1.165) is 12.8 Å². The predicted molar refractivity (Wildman–Crippen MR) is 131 cm³/mol. The minimum Gasteiger partial charge on any atom is -0.744 e. The topological polar surface area (TPSA) is 83.5 Å². The molecule has 0 heterocycles. The molecule has 6 heteroatoms. The summed E-state index contributed by atoms with van der Waals surface area (Å²) in [5, 5.41) is 0. The number of esters is 1. The largest absolute Gasteiger partial charge is 0.744 e. The average Bonchev–Trinajstić information content (AvgIpc) is 2.85. The Balaban J connectivity index is 1.46. The van der Waals surface area contributed by atoms with Crippen molar-refractivity contribution >= 4 is 16.1 Å². The van der Waals surface area contributed by atoms with Gasteiger partial charge in [-0.1, -0.05) is 55.5 Å². The maximum absolute atomic E-state index is 14.1. The molecule has 2 atom stereocenters. The molecule has 0 amide bonds. The van der Waals surface area contributed by atoms with Crippen LogP contribution in [0.15, 0.2) is 65.6 Å². The van der Waals surface area contributed by atoms with Crippen LogP contribution in [-0.4, -0.2) is 18.9 Å². The van der Waals surface area contributed by atoms with E-state index in [4.69, 9.17) is 4.74 Å². The maximum Gasteiger partial charge on any atom is 0.318 e. The Bertz CT molecular complexity index is 1430. The first-order valence-electron chi connectivity index (χ1n) is 12.2. The number of carbonyl (C=O) groups excluding carboxylic acids is 1. The fraction of sp³-hybridized carbons (Fsp3) is 0.345. The van der Waals surface area contributed by atoms with E-state index < -0.39 is 15.5 Å². The highest BCUT2D eigenvalue weighted by Crippen LogP contribution is 2.64. The molecule has 7 rings (SSSR count). The summed E-state index contributed by atoms with van der Waals surface area (Å²) in [5.41, 5.74) is 5.27. The molecule has 3 aromatic carbocycles. The summed E-state index contributed by atoms with van der Waals surface area (Å²) in [4.78, 5) is 13.9. The normalized spacial score (nSPS) is 26.4. The van der Waals surface area contributed by atoms with Gasteiger partial charge < -0.3 is 9.29 Å². The SMILES string of the molecule is CC1C2c3ccccc3C(c3ccccc32)C1(C)C(=O)Oc1ccc(S(=O)(=O)[O-])c2c1CCCC2. The smallest absolute Gasteiger partial charge is 0.318 e. The highest BCUT2D eigenvalue weighted by atomic mass is 32.2. The van der Waals surface area contributed by atoms with E-state index in [9.17, 15) is 17.8 Å². The summed E-state index contributed by atoms with van der Waals surface area (Å²) in [7, 11) is -4.60. The van der Waals surface area contributed by atoms with Gasteiger partial charge in [0.25, 0.3) is 0 Å². The molecule has 2 unspecified atom stereocenters. The first-order chi connectivity index (χ1) is 16.7. The van der Waals surface area contributed by atoms with Crippen molar-refractivity contribution < 1.29 is 22.5 Å². The average molecular weight is 488 g/mol. The second kappa shape index (κ2) is 7.77. The number of carbonyl (C=O) groups is 1. The summed E-state index contributed by atoms with van der Waals surface area (Å²) in [5.74, 6) is 0.0244. The second-order valence-electron chi connectivity index (χ2n) is 10.3. The highest BCUT2D eigenvalue weighted by molar-refractivity contribution is 7.85. The van der Waals surface area contributed by atoms with Gasteiger partial charge in [-0.3, -0.25) is 4.79 Å². The molecule has 0 fully saturated rings. The van der Waals surface area contributed by atoms with Crippen molar-refractivity contribution in [3.8, 4) is 5.75 Å². The third kappa shape index (κ3) is 3.16. The molecule has 0 radical (unpaired) electrons. The van der Waals surface area contributed by atoms with E-state index in [-0.39, 0.29) is 28.6 Å². The molecule has 0 aromatic heterocycles. The van der Waals surface area contributed by atoms with Crippen molar-refractivity contribution in [1.82, 2.24) is 0 Å². The van der Waals surface area contributed by atoms with Crippen LogP contribution >= 0.6 is 0 Å². The molecule has 0 aliphatic heterocycles. The third-order valence-electron chi connectivity index (χ3n) is 8.69. The zero-order valence-electron chi connectivity index (χ0n) is 19.8. The van der Waals surface area contributed by atoms with Gasteiger partial charge in [0, 0.05) is 11.8 Å².